The van der Waals surface area contributed by atoms with Crippen molar-refractivity contribution in [2.45, 2.75) is 0 Å². The van der Waals surface area contributed by atoms with Crippen molar-refractivity contribution in [1.29, 1.82) is 0 Å². The zero-order valence-corrected chi connectivity index (χ0v) is 10.8. The van der Waals surface area contributed by atoms with Crippen molar-refractivity contribution in [3.63, 3.8) is 0 Å². The Morgan fingerprint density at radius 3 is 0.706 bits per heavy atom. The van der Waals surface area contributed by atoms with Crippen LogP contribution in [0, 0.1) is 15.3 Å². The van der Waals surface area contributed by atoms with E-state index in [1.165, 1.54) is 0 Å². The molecule has 0 unspecified atom stereocenters. The molecule has 0 aliphatic rings. The zero-order chi connectivity index (χ0) is 13.8. The van der Waals surface area contributed by atoms with Crippen LogP contribution in [0.5, 0.6) is 0 Å². The summed E-state index contributed by atoms with van der Waals surface area (Å²) in [6.07, 6.45) is 0. The van der Waals surface area contributed by atoms with Gasteiger partial charge >= 0.3 is 0 Å². The van der Waals surface area contributed by atoms with E-state index in [0.717, 1.165) is 0 Å². The Bertz CT molecular complexity index is 92.1. The van der Waals surface area contributed by atoms with Crippen molar-refractivity contribution in [2.75, 3.05) is 39.3 Å². The molecular weight excluding hydrogens is 277 g/mol. The predicted octanol–water partition coefficient (Wildman–Crippen LogP) is -3.53. The number of hydrogen-bond acceptors (Lipinski definition) is 9. The van der Waals surface area contributed by atoms with Gasteiger partial charge in [-0.1, -0.05) is 0 Å². The molecule has 0 bridgehead atoms. The van der Waals surface area contributed by atoms with Crippen LogP contribution >= 0.6 is 0 Å². The van der Waals surface area contributed by atoms with E-state index in [4.69, 9.17) is 49.7 Å². The molecule has 0 aliphatic carbocycles. The minimum absolute atomic E-state index is 0. The van der Waals surface area contributed by atoms with Gasteiger partial charge in [-0.2, -0.15) is 0 Å². The van der Waals surface area contributed by atoms with E-state index in [1.807, 2.05) is 0 Å². The van der Waals surface area contributed by atoms with Crippen molar-refractivity contribution in [1.82, 2.24) is 0 Å². The third kappa shape index (κ3) is 461. The first kappa shape index (κ1) is 30.0. The molecule has 0 rings (SSSR count). The quantitative estimate of drug-likeness (QED) is 0.224. The fourth-order valence-electron chi connectivity index (χ4n) is 0. The topological polar surface area (TPSA) is 222 Å². The van der Waals surface area contributed by atoms with Crippen molar-refractivity contribution < 1.29 is 21.9 Å². The van der Waals surface area contributed by atoms with Crippen molar-refractivity contribution >= 4 is 0 Å². The minimum atomic E-state index is -1.75. The molecule has 0 fully saturated rings. The van der Waals surface area contributed by atoms with E-state index in [-0.39, 0.29) is 16.8 Å². The summed E-state index contributed by atoms with van der Waals surface area (Å²) in [4.78, 5) is 8.25. The van der Waals surface area contributed by atoms with Crippen LogP contribution in [0.1, 0.15) is 0 Å². The molecule has 0 atom stereocenters. The fraction of sp³-hybridized carbons (Fsp3) is 1.00. The average Bonchev–Trinajstić information content (AvgIpc) is 2.28. The number of rotatable bonds is 3. The average molecular weight is 301 g/mol. The zero-order valence-electron chi connectivity index (χ0n) is 9.71. The monoisotopic (exact) mass is 301 g/mol. The molecule has 17 heavy (non-hydrogen) atoms. The number of nitrogens with zero attached hydrogens (tertiary/aromatic N) is 1. The molecule has 0 aromatic carbocycles. The van der Waals surface area contributed by atoms with Crippen molar-refractivity contribution in [3.8, 4) is 0 Å². The first-order valence-electron chi connectivity index (χ1n) is 4.50. The Balaban J connectivity index is -0.0000000369. The Labute approximate surface area is 111 Å². The summed E-state index contributed by atoms with van der Waals surface area (Å²) in [7, 11) is 0. The van der Waals surface area contributed by atoms with E-state index in [9.17, 15) is 0 Å². The Morgan fingerprint density at radius 2 is 0.706 bits per heavy atom. The molecule has 111 valence electrons. The van der Waals surface area contributed by atoms with Gasteiger partial charge in [-0.3, -0.25) is 0 Å². The van der Waals surface area contributed by atoms with Gasteiger partial charge in [0.15, 0.2) is 0 Å². The Hall–Kier alpha value is -0.534. The summed E-state index contributed by atoms with van der Waals surface area (Å²) in [6, 6.07) is 0. The van der Waals surface area contributed by atoms with Gasteiger partial charge < -0.3 is 49.7 Å². The van der Waals surface area contributed by atoms with Crippen LogP contribution in [-0.4, -0.2) is 44.4 Å². The molecule has 10 nitrogen and oxygen atoms in total. The van der Waals surface area contributed by atoms with E-state index in [0.29, 0.717) is 39.3 Å². The van der Waals surface area contributed by atoms with Gasteiger partial charge in [-0.15, -0.1) is 0 Å². The SMILES string of the molecule is NCCN.NCCN.NCCN.O=[N+]([O-])[O-].[Co]. The second-order valence-corrected chi connectivity index (χ2v) is 1.96. The van der Waals surface area contributed by atoms with E-state index in [1.54, 1.807) is 0 Å². The first-order chi connectivity index (χ1) is 7.47. The standard InChI is InChI=1S/3C2H8N2.Co.NO3/c3*3-1-2-4;;2-1(3)4/h3*1-4H2;;/q;;;;-1. The summed E-state index contributed by atoms with van der Waals surface area (Å²) >= 11 is 0. The summed E-state index contributed by atoms with van der Waals surface area (Å²) in [5, 5.41) is 14.8. The van der Waals surface area contributed by atoms with Crippen LogP contribution in [0.15, 0.2) is 0 Å². The Kier molecular flexibility index (Phi) is 79.6. The molecule has 0 aromatic heterocycles. The van der Waals surface area contributed by atoms with Crippen LogP contribution < -0.4 is 34.4 Å². The van der Waals surface area contributed by atoms with Crippen LogP contribution in [0.3, 0.4) is 0 Å². The van der Waals surface area contributed by atoms with Gasteiger partial charge in [0.05, 0.1) is 5.09 Å². The van der Waals surface area contributed by atoms with Crippen molar-refractivity contribution in [3.05, 3.63) is 15.3 Å². The second-order valence-electron chi connectivity index (χ2n) is 1.96. The molecule has 12 N–H and O–H groups in total. The maximum atomic E-state index is 8.25. The second kappa shape index (κ2) is 45.2. The molecule has 0 spiro atoms. The third-order valence-corrected chi connectivity index (χ3v) is 0.500. The maximum absolute atomic E-state index is 8.25. The molecule has 0 heterocycles. The summed E-state index contributed by atoms with van der Waals surface area (Å²) < 4.78 is 0. The Morgan fingerprint density at radius 1 is 0.647 bits per heavy atom. The van der Waals surface area contributed by atoms with E-state index < -0.39 is 5.09 Å². The minimum Gasteiger partial charge on any atom is -0.356 e. The smallest absolute Gasteiger partial charge is 0.0689 e. The molecule has 11 heteroatoms. The van der Waals surface area contributed by atoms with Gasteiger partial charge in [-0.25, -0.2) is 0 Å². The predicted molar refractivity (Wildman–Crippen MR) is 64.7 cm³/mol. The van der Waals surface area contributed by atoms with E-state index in [2.05, 4.69) is 0 Å². The summed E-state index contributed by atoms with van der Waals surface area (Å²) in [5.74, 6) is 0. The largest absolute Gasteiger partial charge is 0.356 e. The van der Waals surface area contributed by atoms with Crippen LogP contribution in [-0.2, 0) is 16.8 Å². The molecule has 0 saturated heterocycles. The molecule has 0 aromatic rings. The normalized spacial score (nSPS) is 6.71. The molecule has 0 amide bonds. The third-order valence-electron chi connectivity index (χ3n) is 0.500. The van der Waals surface area contributed by atoms with Crippen LogP contribution in [0.2, 0.25) is 0 Å². The van der Waals surface area contributed by atoms with Crippen LogP contribution in [0.25, 0.3) is 0 Å². The molecule has 0 saturated carbocycles. The van der Waals surface area contributed by atoms with Gasteiger partial charge in [0.25, 0.3) is 0 Å². The van der Waals surface area contributed by atoms with Crippen molar-refractivity contribution in [2.24, 2.45) is 34.4 Å². The van der Waals surface area contributed by atoms with E-state index >= 15 is 0 Å². The van der Waals surface area contributed by atoms with Crippen LogP contribution in [0.4, 0.5) is 0 Å². The summed E-state index contributed by atoms with van der Waals surface area (Å²) in [6.45, 7) is 3.58. The summed E-state index contributed by atoms with van der Waals surface area (Å²) in [5.41, 5.74) is 29.4. The maximum Gasteiger partial charge on any atom is 0.0689 e. The number of hydrogen-bond donors (Lipinski definition) is 6. The van der Waals surface area contributed by atoms with Gasteiger partial charge in [0.2, 0.25) is 0 Å². The van der Waals surface area contributed by atoms with Gasteiger partial charge in [-0.05, 0) is 0 Å². The van der Waals surface area contributed by atoms with Gasteiger partial charge in [0.1, 0.15) is 0 Å². The number of nitrogens with two attached hydrogens (primary N) is 6. The fourth-order valence-corrected chi connectivity index (χ4v) is 0. The molecular formula is C6H24CoN7O3-. The van der Waals surface area contributed by atoms with Gasteiger partial charge in [0, 0.05) is 56.0 Å². The molecule has 0 aliphatic heterocycles. The molecule has 1 radical (unpaired) electrons. The first-order valence-corrected chi connectivity index (χ1v) is 4.50.